The van der Waals surface area contributed by atoms with E-state index in [0.29, 0.717) is 17.4 Å². The summed E-state index contributed by atoms with van der Waals surface area (Å²) in [6, 6.07) is 0.413. The summed E-state index contributed by atoms with van der Waals surface area (Å²) in [6.07, 6.45) is 4.85. The van der Waals surface area contributed by atoms with E-state index in [1.807, 2.05) is 23.6 Å². The molecule has 0 saturated carbocycles. The predicted molar refractivity (Wildman–Crippen MR) is 82.5 cm³/mol. The van der Waals surface area contributed by atoms with Gasteiger partial charge in [0.05, 0.1) is 6.04 Å². The van der Waals surface area contributed by atoms with Gasteiger partial charge in [-0.05, 0) is 43.8 Å². The quantitative estimate of drug-likeness (QED) is 0.864. The zero-order valence-corrected chi connectivity index (χ0v) is 13.4. The molecule has 0 aromatic rings. The highest BCUT2D eigenvalue weighted by Crippen LogP contribution is 2.34. The monoisotopic (exact) mass is 284 g/mol. The summed E-state index contributed by atoms with van der Waals surface area (Å²) in [5.74, 6) is 2.68. The van der Waals surface area contributed by atoms with Gasteiger partial charge in [-0.15, -0.1) is 0 Å². The summed E-state index contributed by atoms with van der Waals surface area (Å²) in [6.45, 7) is 8.58. The van der Waals surface area contributed by atoms with Crippen molar-refractivity contribution in [1.82, 2.24) is 10.2 Å². The third-order valence-electron chi connectivity index (χ3n) is 4.61. The van der Waals surface area contributed by atoms with Crippen molar-refractivity contribution in [2.24, 2.45) is 5.41 Å². The predicted octanol–water partition coefficient (Wildman–Crippen LogP) is 2.51. The molecular formula is C15H28N2OS. The van der Waals surface area contributed by atoms with Crippen LogP contribution in [0.5, 0.6) is 0 Å². The molecule has 2 heterocycles. The fourth-order valence-electron chi connectivity index (χ4n) is 2.97. The van der Waals surface area contributed by atoms with E-state index in [9.17, 15) is 4.79 Å². The van der Waals surface area contributed by atoms with Gasteiger partial charge in [-0.2, -0.15) is 11.8 Å². The first kappa shape index (κ1) is 15.2. The molecule has 1 N–H and O–H groups in total. The van der Waals surface area contributed by atoms with E-state index in [1.54, 1.807) is 0 Å². The van der Waals surface area contributed by atoms with Gasteiger partial charge in [0, 0.05) is 24.9 Å². The van der Waals surface area contributed by atoms with E-state index in [4.69, 9.17) is 0 Å². The minimum Gasteiger partial charge on any atom is -0.341 e. The second-order valence-electron chi connectivity index (χ2n) is 6.64. The highest BCUT2D eigenvalue weighted by molar-refractivity contribution is 7.99. The van der Waals surface area contributed by atoms with E-state index in [0.717, 1.165) is 18.8 Å². The normalized spacial score (nSPS) is 29.0. The number of thioether (sulfide) groups is 1. The summed E-state index contributed by atoms with van der Waals surface area (Å²) in [4.78, 5) is 14.5. The van der Waals surface area contributed by atoms with Gasteiger partial charge in [0.15, 0.2) is 0 Å². The third-order valence-corrected chi connectivity index (χ3v) is 5.67. The number of nitrogens with zero attached hydrogens (tertiary/aromatic N) is 1. The fourth-order valence-corrected chi connectivity index (χ4v) is 4.59. The van der Waals surface area contributed by atoms with Crippen molar-refractivity contribution in [2.45, 2.75) is 58.5 Å². The molecule has 19 heavy (non-hydrogen) atoms. The van der Waals surface area contributed by atoms with Gasteiger partial charge in [-0.1, -0.05) is 13.8 Å². The number of hydrogen-bond donors (Lipinski definition) is 1. The van der Waals surface area contributed by atoms with Crippen LogP contribution in [0.2, 0.25) is 0 Å². The maximum Gasteiger partial charge on any atom is 0.239 e. The van der Waals surface area contributed by atoms with Crippen molar-refractivity contribution in [3.63, 3.8) is 0 Å². The molecule has 0 bridgehead atoms. The number of piperidine rings is 1. The first-order valence-electron chi connectivity index (χ1n) is 7.63. The van der Waals surface area contributed by atoms with Gasteiger partial charge in [0.25, 0.3) is 0 Å². The highest BCUT2D eigenvalue weighted by Gasteiger charge is 2.35. The number of likely N-dealkylation sites (tertiary alicyclic amines) is 1. The van der Waals surface area contributed by atoms with E-state index in [-0.39, 0.29) is 6.04 Å². The Morgan fingerprint density at radius 3 is 2.63 bits per heavy atom. The van der Waals surface area contributed by atoms with Crippen LogP contribution in [0.3, 0.4) is 0 Å². The van der Waals surface area contributed by atoms with Crippen LogP contribution in [0.25, 0.3) is 0 Å². The molecule has 0 radical (unpaired) electrons. The van der Waals surface area contributed by atoms with Gasteiger partial charge in [-0.3, -0.25) is 4.79 Å². The minimum atomic E-state index is -0.0407. The molecule has 2 fully saturated rings. The van der Waals surface area contributed by atoms with Gasteiger partial charge in [0.1, 0.15) is 0 Å². The molecule has 1 amide bonds. The maximum atomic E-state index is 12.4. The Labute approximate surface area is 121 Å². The molecular weight excluding hydrogens is 256 g/mol. The fraction of sp³-hybridized carbons (Fsp3) is 0.933. The van der Waals surface area contributed by atoms with Crippen LogP contribution in [-0.2, 0) is 4.79 Å². The van der Waals surface area contributed by atoms with Gasteiger partial charge in [0.2, 0.25) is 5.91 Å². The number of rotatable bonds is 3. The van der Waals surface area contributed by atoms with Crippen LogP contribution >= 0.6 is 11.8 Å². The second-order valence-corrected chi connectivity index (χ2v) is 7.79. The number of nitrogens with one attached hydrogen (secondary N) is 1. The number of amides is 1. The van der Waals surface area contributed by atoms with Crippen molar-refractivity contribution in [3.05, 3.63) is 0 Å². The second kappa shape index (κ2) is 6.49. The SMILES string of the molecule is CC(NC1CSCCC1(C)C)C(=O)N1CCCCC1. The standard InChI is InChI=1S/C15H28N2OS/c1-12(14(18)17-8-5-4-6-9-17)16-13-11-19-10-7-15(13,2)3/h12-13,16H,4-11H2,1-3H3. The Morgan fingerprint density at radius 1 is 1.32 bits per heavy atom. The number of carbonyl (C=O) groups is 1. The molecule has 3 nitrogen and oxygen atoms in total. The lowest BCUT2D eigenvalue weighted by Crippen LogP contribution is -2.55. The molecule has 2 saturated heterocycles. The summed E-state index contributed by atoms with van der Waals surface area (Å²) in [5.41, 5.74) is 0.307. The molecule has 0 aliphatic carbocycles. The van der Waals surface area contributed by atoms with Crippen molar-refractivity contribution in [3.8, 4) is 0 Å². The van der Waals surface area contributed by atoms with E-state index < -0.39 is 0 Å². The Morgan fingerprint density at radius 2 is 2.00 bits per heavy atom. The molecule has 110 valence electrons. The highest BCUT2D eigenvalue weighted by atomic mass is 32.2. The van der Waals surface area contributed by atoms with Crippen molar-refractivity contribution >= 4 is 17.7 Å². The van der Waals surface area contributed by atoms with Gasteiger partial charge >= 0.3 is 0 Å². The van der Waals surface area contributed by atoms with E-state index in [2.05, 4.69) is 19.2 Å². The van der Waals surface area contributed by atoms with E-state index >= 15 is 0 Å². The molecule has 2 unspecified atom stereocenters. The first-order chi connectivity index (χ1) is 9.00. The van der Waals surface area contributed by atoms with Crippen LogP contribution in [0, 0.1) is 5.41 Å². The Hall–Kier alpha value is -0.220. The lowest BCUT2D eigenvalue weighted by atomic mass is 9.82. The number of hydrogen-bond acceptors (Lipinski definition) is 3. The van der Waals surface area contributed by atoms with Crippen LogP contribution in [0.1, 0.15) is 46.5 Å². The number of carbonyl (C=O) groups excluding carboxylic acids is 1. The zero-order valence-electron chi connectivity index (χ0n) is 12.6. The smallest absolute Gasteiger partial charge is 0.239 e. The molecule has 0 aromatic heterocycles. The zero-order chi connectivity index (χ0) is 13.9. The average Bonchev–Trinajstić information content (AvgIpc) is 2.41. The average molecular weight is 284 g/mol. The van der Waals surface area contributed by atoms with Gasteiger partial charge in [-0.25, -0.2) is 0 Å². The Bertz CT molecular complexity index is 313. The van der Waals surface area contributed by atoms with E-state index in [1.165, 1.54) is 31.4 Å². The molecule has 0 aromatic carbocycles. The lowest BCUT2D eigenvalue weighted by Gasteiger charge is -2.41. The maximum absolute atomic E-state index is 12.4. The molecule has 2 aliphatic rings. The van der Waals surface area contributed by atoms with Crippen molar-refractivity contribution in [2.75, 3.05) is 24.6 Å². The summed E-state index contributed by atoms with van der Waals surface area (Å²) in [7, 11) is 0. The molecule has 2 atom stereocenters. The third kappa shape index (κ3) is 3.88. The molecule has 4 heteroatoms. The molecule has 2 rings (SSSR count). The van der Waals surface area contributed by atoms with Crippen LogP contribution < -0.4 is 5.32 Å². The van der Waals surface area contributed by atoms with Crippen LogP contribution in [-0.4, -0.2) is 47.5 Å². The van der Waals surface area contributed by atoms with Gasteiger partial charge < -0.3 is 10.2 Å². The topological polar surface area (TPSA) is 32.3 Å². The largest absolute Gasteiger partial charge is 0.341 e. The first-order valence-corrected chi connectivity index (χ1v) is 8.79. The Kier molecular flexibility index (Phi) is 5.18. The van der Waals surface area contributed by atoms with Crippen LogP contribution in [0.4, 0.5) is 0 Å². The minimum absolute atomic E-state index is 0.0407. The Balaban J connectivity index is 1.88. The molecule has 0 spiro atoms. The van der Waals surface area contributed by atoms with Crippen molar-refractivity contribution < 1.29 is 4.79 Å². The molecule has 2 aliphatic heterocycles. The summed E-state index contributed by atoms with van der Waals surface area (Å²) < 4.78 is 0. The van der Waals surface area contributed by atoms with Crippen LogP contribution in [0.15, 0.2) is 0 Å². The van der Waals surface area contributed by atoms with Crippen molar-refractivity contribution in [1.29, 1.82) is 0 Å². The summed E-state index contributed by atoms with van der Waals surface area (Å²) in [5, 5.41) is 3.59. The summed E-state index contributed by atoms with van der Waals surface area (Å²) >= 11 is 2.01. The lowest BCUT2D eigenvalue weighted by molar-refractivity contribution is -0.134.